The van der Waals surface area contributed by atoms with Crippen LogP contribution in [-0.4, -0.2) is 13.3 Å². The quantitative estimate of drug-likeness (QED) is 0.448. The molecule has 1 saturated carbocycles. The van der Waals surface area contributed by atoms with Crippen molar-refractivity contribution in [3.05, 3.63) is 53.6 Å². The molecule has 0 bridgehead atoms. The number of hydrogen-bond acceptors (Lipinski definition) is 1. The van der Waals surface area contributed by atoms with E-state index in [9.17, 15) is 13.2 Å². The van der Waals surface area contributed by atoms with Crippen LogP contribution in [0, 0.1) is 5.92 Å². The molecule has 152 valence electrons. The second-order valence-corrected chi connectivity index (χ2v) is 7.65. The lowest BCUT2D eigenvalue weighted by atomic mass is 9.75. The van der Waals surface area contributed by atoms with Gasteiger partial charge in [0, 0.05) is 11.1 Å². The van der Waals surface area contributed by atoms with E-state index in [1.807, 2.05) is 30.3 Å². The van der Waals surface area contributed by atoms with Crippen LogP contribution in [-0.2, 0) is 0 Å². The zero-order valence-electron chi connectivity index (χ0n) is 16.5. The third-order valence-electron chi connectivity index (χ3n) is 5.84. The highest BCUT2D eigenvalue weighted by Crippen LogP contribution is 2.46. The first-order valence-electron chi connectivity index (χ1n) is 10.3. The molecule has 0 spiro atoms. The molecule has 0 radical (unpaired) electrons. The van der Waals surface area contributed by atoms with E-state index < -0.39 is 13.1 Å². The Morgan fingerprint density at radius 3 is 2.32 bits per heavy atom. The lowest BCUT2D eigenvalue weighted by Gasteiger charge is -2.31. The molecule has 2 aromatic carbocycles. The molecule has 4 heteroatoms. The van der Waals surface area contributed by atoms with Crippen LogP contribution in [0.2, 0.25) is 0 Å². The maximum Gasteiger partial charge on any atom is 0.264 e. The molecule has 3 rings (SSSR count). The second kappa shape index (κ2) is 9.99. The number of halogens is 3. The van der Waals surface area contributed by atoms with E-state index in [1.54, 1.807) is 12.1 Å². The minimum absolute atomic E-state index is 0.0569. The van der Waals surface area contributed by atoms with E-state index in [0.717, 1.165) is 37.2 Å². The Hall–Kier alpha value is -1.97. The van der Waals surface area contributed by atoms with Gasteiger partial charge in [0.15, 0.2) is 0 Å². The minimum atomic E-state index is -2.60. The van der Waals surface area contributed by atoms with Gasteiger partial charge in [0.25, 0.3) is 6.43 Å². The Kier molecular flexibility index (Phi) is 7.41. The standard InChI is InChI=1S/C24H29F3O/c1-2-6-17-9-11-18(12-10-17)20-13-14-21(28-16-15-25)22(23(20)24(26)27)19-7-4-3-5-8-19/h3-5,7-8,13-14,17-18,24H,2,6,9-12,15-16H2,1H3. The van der Waals surface area contributed by atoms with E-state index in [1.165, 1.54) is 12.8 Å². The molecule has 1 aliphatic carbocycles. The summed E-state index contributed by atoms with van der Waals surface area (Å²) in [5.41, 5.74) is 1.89. The Labute approximate surface area is 165 Å². The molecule has 1 fully saturated rings. The second-order valence-electron chi connectivity index (χ2n) is 7.65. The smallest absolute Gasteiger partial charge is 0.264 e. The number of alkyl halides is 3. The number of hydrogen-bond donors (Lipinski definition) is 0. The topological polar surface area (TPSA) is 9.23 Å². The Morgan fingerprint density at radius 2 is 1.71 bits per heavy atom. The molecule has 0 unspecified atom stereocenters. The minimum Gasteiger partial charge on any atom is -0.490 e. The predicted octanol–water partition coefficient (Wildman–Crippen LogP) is 7.71. The van der Waals surface area contributed by atoms with Crippen LogP contribution in [0.1, 0.15) is 68.9 Å². The van der Waals surface area contributed by atoms with Gasteiger partial charge in [0.05, 0.1) is 0 Å². The van der Waals surface area contributed by atoms with Crippen molar-refractivity contribution in [2.45, 2.75) is 57.8 Å². The van der Waals surface area contributed by atoms with E-state index in [0.29, 0.717) is 16.9 Å². The first-order valence-corrected chi connectivity index (χ1v) is 10.3. The van der Waals surface area contributed by atoms with Crippen LogP contribution in [0.5, 0.6) is 5.75 Å². The van der Waals surface area contributed by atoms with Gasteiger partial charge in [0.2, 0.25) is 0 Å². The van der Waals surface area contributed by atoms with Crippen molar-refractivity contribution in [1.29, 1.82) is 0 Å². The fourth-order valence-corrected chi connectivity index (χ4v) is 4.55. The third kappa shape index (κ3) is 4.71. The molecular formula is C24H29F3O. The Morgan fingerprint density at radius 1 is 1.00 bits per heavy atom. The van der Waals surface area contributed by atoms with Crippen molar-refractivity contribution in [2.24, 2.45) is 5.92 Å². The van der Waals surface area contributed by atoms with Crippen molar-refractivity contribution in [3.63, 3.8) is 0 Å². The number of ether oxygens (including phenoxy) is 1. The molecule has 0 N–H and O–H groups in total. The highest BCUT2D eigenvalue weighted by Gasteiger charge is 2.29. The van der Waals surface area contributed by atoms with Crippen LogP contribution in [0.25, 0.3) is 11.1 Å². The molecule has 0 amide bonds. The van der Waals surface area contributed by atoms with Crippen molar-refractivity contribution >= 4 is 0 Å². The monoisotopic (exact) mass is 390 g/mol. The van der Waals surface area contributed by atoms with Crippen LogP contribution in [0.15, 0.2) is 42.5 Å². The average molecular weight is 390 g/mol. The van der Waals surface area contributed by atoms with Gasteiger partial charge in [-0.2, -0.15) is 0 Å². The molecule has 0 atom stereocenters. The van der Waals surface area contributed by atoms with Gasteiger partial charge >= 0.3 is 0 Å². The van der Waals surface area contributed by atoms with Crippen LogP contribution < -0.4 is 4.74 Å². The fraction of sp³-hybridized carbons (Fsp3) is 0.500. The van der Waals surface area contributed by atoms with Crippen LogP contribution >= 0.6 is 0 Å². The molecule has 2 aromatic rings. The summed E-state index contributed by atoms with van der Waals surface area (Å²) in [5.74, 6) is 1.20. The highest BCUT2D eigenvalue weighted by molar-refractivity contribution is 5.76. The lowest BCUT2D eigenvalue weighted by molar-refractivity contribution is 0.149. The molecule has 0 aliphatic heterocycles. The first-order chi connectivity index (χ1) is 13.7. The molecule has 0 aromatic heterocycles. The maximum atomic E-state index is 14.3. The van der Waals surface area contributed by atoms with Crippen molar-refractivity contribution in [1.82, 2.24) is 0 Å². The molecule has 1 nitrogen and oxygen atoms in total. The van der Waals surface area contributed by atoms with Gasteiger partial charge in [0.1, 0.15) is 19.0 Å². The maximum absolute atomic E-state index is 14.3. The van der Waals surface area contributed by atoms with Crippen LogP contribution in [0.3, 0.4) is 0 Å². The van der Waals surface area contributed by atoms with Gasteiger partial charge in [-0.05, 0) is 54.7 Å². The molecule has 28 heavy (non-hydrogen) atoms. The third-order valence-corrected chi connectivity index (χ3v) is 5.84. The van der Waals surface area contributed by atoms with E-state index in [4.69, 9.17) is 4.74 Å². The van der Waals surface area contributed by atoms with Crippen molar-refractivity contribution < 1.29 is 17.9 Å². The largest absolute Gasteiger partial charge is 0.490 e. The molecule has 0 saturated heterocycles. The highest BCUT2D eigenvalue weighted by atomic mass is 19.3. The van der Waals surface area contributed by atoms with Crippen molar-refractivity contribution in [3.8, 4) is 16.9 Å². The summed E-state index contributed by atoms with van der Waals surface area (Å²) in [6.45, 7) is 1.41. The first kappa shape index (κ1) is 20.8. The average Bonchev–Trinajstić information content (AvgIpc) is 2.73. The summed E-state index contributed by atoms with van der Waals surface area (Å²) in [7, 11) is 0. The summed E-state index contributed by atoms with van der Waals surface area (Å²) in [6.07, 6.45) is 3.89. The Bertz CT molecular complexity index is 737. The summed E-state index contributed by atoms with van der Waals surface area (Å²) in [5, 5.41) is 0. The summed E-state index contributed by atoms with van der Waals surface area (Å²) >= 11 is 0. The summed E-state index contributed by atoms with van der Waals surface area (Å²) in [6, 6.07) is 12.7. The normalized spacial score (nSPS) is 19.8. The predicted molar refractivity (Wildman–Crippen MR) is 108 cm³/mol. The number of benzene rings is 2. The van der Waals surface area contributed by atoms with Crippen molar-refractivity contribution in [2.75, 3.05) is 13.3 Å². The lowest BCUT2D eigenvalue weighted by Crippen LogP contribution is -2.15. The van der Waals surface area contributed by atoms with Gasteiger partial charge < -0.3 is 4.74 Å². The van der Waals surface area contributed by atoms with E-state index in [2.05, 4.69) is 6.92 Å². The van der Waals surface area contributed by atoms with Gasteiger partial charge in [-0.15, -0.1) is 0 Å². The Balaban J connectivity index is 2.02. The SMILES string of the molecule is CCCC1CCC(c2ccc(OCCF)c(-c3ccccc3)c2C(F)F)CC1. The molecular weight excluding hydrogens is 361 g/mol. The summed E-state index contributed by atoms with van der Waals surface area (Å²) in [4.78, 5) is 0. The fourth-order valence-electron chi connectivity index (χ4n) is 4.55. The van der Waals surface area contributed by atoms with Gasteiger partial charge in [-0.1, -0.05) is 56.2 Å². The molecule has 1 aliphatic rings. The zero-order chi connectivity index (χ0) is 19.9. The van der Waals surface area contributed by atoms with E-state index in [-0.39, 0.29) is 18.1 Å². The summed E-state index contributed by atoms with van der Waals surface area (Å²) < 4.78 is 46.8. The van der Waals surface area contributed by atoms with Gasteiger partial charge in [-0.3, -0.25) is 0 Å². The zero-order valence-corrected chi connectivity index (χ0v) is 16.5. The molecule has 0 heterocycles. The number of rotatable bonds is 8. The van der Waals surface area contributed by atoms with Crippen LogP contribution in [0.4, 0.5) is 13.2 Å². The van der Waals surface area contributed by atoms with E-state index >= 15 is 0 Å². The van der Waals surface area contributed by atoms with Gasteiger partial charge in [-0.25, -0.2) is 13.2 Å².